The van der Waals surface area contributed by atoms with E-state index in [9.17, 15) is 4.79 Å². The van der Waals surface area contributed by atoms with Crippen LogP contribution in [-0.2, 0) is 0 Å². The summed E-state index contributed by atoms with van der Waals surface area (Å²) in [7, 11) is 3.37. The maximum absolute atomic E-state index is 12.7. The van der Waals surface area contributed by atoms with E-state index in [2.05, 4.69) is 10.3 Å². The van der Waals surface area contributed by atoms with E-state index in [1.807, 2.05) is 60.7 Å². The number of carbonyl (C=O) groups is 1. The molecule has 2 aromatic carbocycles. The largest absolute Gasteiger partial charge is 0.497 e. The number of rotatable bonds is 8. The van der Waals surface area contributed by atoms with Crippen molar-refractivity contribution < 1.29 is 14.3 Å². The van der Waals surface area contributed by atoms with Gasteiger partial charge >= 0.3 is 0 Å². The Morgan fingerprint density at radius 2 is 1.75 bits per heavy atom. The lowest BCUT2D eigenvalue weighted by Crippen LogP contribution is -2.27. The number of carbonyl (C=O) groups excluding carboxylic acids is 1. The van der Waals surface area contributed by atoms with E-state index in [0.717, 1.165) is 22.9 Å². The molecule has 6 nitrogen and oxygen atoms in total. The van der Waals surface area contributed by atoms with Gasteiger partial charge < -0.3 is 19.7 Å². The van der Waals surface area contributed by atoms with E-state index in [1.54, 1.807) is 31.3 Å². The molecule has 0 atom stereocenters. The number of ether oxygens (including phenoxy) is 2. The molecule has 3 aromatic rings. The molecule has 0 fully saturated rings. The van der Waals surface area contributed by atoms with E-state index in [-0.39, 0.29) is 5.91 Å². The number of benzene rings is 2. The molecule has 0 bridgehead atoms. The average Bonchev–Trinajstić information content (AvgIpc) is 2.77. The predicted molar refractivity (Wildman–Crippen MR) is 110 cm³/mol. The first kappa shape index (κ1) is 19.2. The van der Waals surface area contributed by atoms with Crippen LogP contribution in [0.2, 0.25) is 0 Å². The van der Waals surface area contributed by atoms with Crippen molar-refractivity contribution in [2.75, 3.05) is 37.5 Å². The van der Waals surface area contributed by atoms with Crippen molar-refractivity contribution in [2.24, 2.45) is 0 Å². The number of nitrogens with one attached hydrogen (secondary N) is 1. The van der Waals surface area contributed by atoms with Gasteiger partial charge in [0.25, 0.3) is 5.91 Å². The maximum atomic E-state index is 12.7. The highest BCUT2D eigenvalue weighted by Crippen LogP contribution is 2.18. The van der Waals surface area contributed by atoms with Gasteiger partial charge in [-0.15, -0.1) is 0 Å². The summed E-state index contributed by atoms with van der Waals surface area (Å²) in [5.74, 6) is 1.40. The van der Waals surface area contributed by atoms with Gasteiger partial charge in [0.1, 0.15) is 23.8 Å². The Morgan fingerprint density at radius 3 is 2.46 bits per heavy atom. The third-order valence-corrected chi connectivity index (χ3v) is 4.19. The molecule has 0 radical (unpaired) electrons. The fourth-order valence-electron chi connectivity index (χ4n) is 2.63. The number of para-hydroxylation sites is 1. The van der Waals surface area contributed by atoms with Gasteiger partial charge in [-0.3, -0.25) is 9.78 Å². The number of aromatic nitrogens is 1. The predicted octanol–water partition coefficient (Wildman–Crippen LogP) is 3.86. The van der Waals surface area contributed by atoms with Gasteiger partial charge in [-0.2, -0.15) is 0 Å². The first-order chi connectivity index (χ1) is 13.7. The van der Waals surface area contributed by atoms with E-state index in [1.165, 1.54) is 0 Å². The second kappa shape index (κ2) is 9.41. The summed E-state index contributed by atoms with van der Waals surface area (Å²) in [6.45, 7) is 1.08. The van der Waals surface area contributed by atoms with Crippen LogP contribution >= 0.6 is 0 Å². The Hall–Kier alpha value is -3.54. The van der Waals surface area contributed by atoms with Crippen LogP contribution in [-0.4, -0.2) is 38.2 Å². The first-order valence-corrected chi connectivity index (χ1v) is 8.97. The van der Waals surface area contributed by atoms with E-state index in [4.69, 9.17) is 9.47 Å². The minimum absolute atomic E-state index is 0.163. The van der Waals surface area contributed by atoms with Gasteiger partial charge in [-0.1, -0.05) is 18.2 Å². The van der Waals surface area contributed by atoms with Gasteiger partial charge in [0, 0.05) is 31.2 Å². The van der Waals surface area contributed by atoms with Crippen molar-refractivity contribution in [3.63, 3.8) is 0 Å². The normalized spacial score (nSPS) is 10.2. The van der Waals surface area contributed by atoms with Crippen LogP contribution in [0.15, 0.2) is 72.9 Å². The number of hydrogen-bond acceptors (Lipinski definition) is 5. The topological polar surface area (TPSA) is 63.7 Å². The van der Waals surface area contributed by atoms with Crippen LogP contribution in [0.25, 0.3) is 0 Å². The minimum Gasteiger partial charge on any atom is -0.497 e. The number of nitrogens with zero attached hydrogens (tertiary/aromatic N) is 2. The van der Waals surface area contributed by atoms with Crippen molar-refractivity contribution in [1.29, 1.82) is 0 Å². The lowest BCUT2D eigenvalue weighted by molar-refractivity contribution is 0.0988. The summed E-state index contributed by atoms with van der Waals surface area (Å²) in [5, 5.41) is 3.25. The molecule has 144 valence electrons. The highest BCUT2D eigenvalue weighted by molar-refractivity contribution is 6.04. The van der Waals surface area contributed by atoms with Crippen LogP contribution in [0.4, 0.5) is 11.4 Å². The van der Waals surface area contributed by atoms with Gasteiger partial charge in [-0.25, -0.2) is 0 Å². The summed E-state index contributed by atoms with van der Waals surface area (Å²) in [6.07, 6.45) is 1.62. The highest BCUT2D eigenvalue weighted by Gasteiger charge is 2.15. The molecule has 1 amide bonds. The van der Waals surface area contributed by atoms with Crippen LogP contribution in [0.5, 0.6) is 11.5 Å². The Morgan fingerprint density at radius 1 is 1.04 bits per heavy atom. The average molecular weight is 377 g/mol. The van der Waals surface area contributed by atoms with Gasteiger partial charge in [0.2, 0.25) is 0 Å². The molecule has 1 N–H and O–H groups in total. The minimum atomic E-state index is -0.163. The second-order valence-corrected chi connectivity index (χ2v) is 6.08. The number of anilines is 2. The van der Waals surface area contributed by atoms with Crippen molar-refractivity contribution >= 4 is 17.3 Å². The molecule has 0 saturated heterocycles. The lowest BCUT2D eigenvalue weighted by atomic mass is 10.2. The third-order valence-electron chi connectivity index (χ3n) is 4.19. The molecule has 0 spiro atoms. The lowest BCUT2D eigenvalue weighted by Gasteiger charge is -2.17. The van der Waals surface area contributed by atoms with Gasteiger partial charge in [0.05, 0.1) is 7.11 Å². The summed E-state index contributed by atoms with van der Waals surface area (Å²) in [6, 6.07) is 20.5. The summed E-state index contributed by atoms with van der Waals surface area (Å²) >= 11 is 0. The number of amides is 1. The molecular formula is C22H23N3O3. The smallest absolute Gasteiger partial charge is 0.276 e. The summed E-state index contributed by atoms with van der Waals surface area (Å²) in [4.78, 5) is 18.5. The molecular weight excluding hydrogens is 354 g/mol. The molecule has 0 aliphatic heterocycles. The molecule has 28 heavy (non-hydrogen) atoms. The van der Waals surface area contributed by atoms with Crippen molar-refractivity contribution in [3.05, 3.63) is 78.6 Å². The van der Waals surface area contributed by atoms with Crippen molar-refractivity contribution in [1.82, 2.24) is 4.98 Å². The maximum Gasteiger partial charge on any atom is 0.276 e. The van der Waals surface area contributed by atoms with Crippen molar-refractivity contribution in [2.45, 2.75) is 0 Å². The Kier molecular flexibility index (Phi) is 6.46. The van der Waals surface area contributed by atoms with Gasteiger partial charge in [0.15, 0.2) is 0 Å². The Bertz CT molecular complexity index is 898. The zero-order valence-electron chi connectivity index (χ0n) is 16.0. The van der Waals surface area contributed by atoms with Gasteiger partial charge in [-0.05, 0) is 48.5 Å². The Balaban J connectivity index is 1.53. The highest BCUT2D eigenvalue weighted by atomic mass is 16.5. The van der Waals surface area contributed by atoms with Crippen LogP contribution in [0.1, 0.15) is 10.5 Å². The van der Waals surface area contributed by atoms with E-state index >= 15 is 0 Å². The number of hydrogen-bond donors (Lipinski definition) is 1. The molecule has 1 heterocycles. The molecule has 0 saturated carbocycles. The third kappa shape index (κ3) is 5.01. The zero-order chi connectivity index (χ0) is 19.8. The fourth-order valence-corrected chi connectivity index (χ4v) is 2.63. The summed E-state index contributed by atoms with van der Waals surface area (Å²) in [5.41, 5.74) is 2.02. The monoisotopic (exact) mass is 377 g/mol. The van der Waals surface area contributed by atoms with Crippen LogP contribution in [0.3, 0.4) is 0 Å². The van der Waals surface area contributed by atoms with E-state index in [0.29, 0.717) is 18.8 Å². The van der Waals surface area contributed by atoms with Crippen LogP contribution < -0.4 is 19.7 Å². The molecule has 6 heteroatoms. The quantitative estimate of drug-likeness (QED) is 0.604. The molecule has 0 aliphatic rings. The molecule has 1 aromatic heterocycles. The zero-order valence-corrected chi connectivity index (χ0v) is 16.0. The molecule has 0 unspecified atom stereocenters. The second-order valence-electron chi connectivity index (χ2n) is 6.08. The fraction of sp³-hybridized carbons (Fsp3) is 0.182. The number of methoxy groups -OCH3 is 1. The van der Waals surface area contributed by atoms with Crippen molar-refractivity contribution in [3.8, 4) is 11.5 Å². The van der Waals surface area contributed by atoms with Crippen LogP contribution in [0, 0.1) is 0 Å². The summed E-state index contributed by atoms with van der Waals surface area (Å²) < 4.78 is 10.8. The SMILES string of the molecule is COc1ccc(OCCNc2ccnc(C(=O)N(C)c3ccccc3)c2)cc1. The molecule has 0 aliphatic carbocycles. The number of pyridine rings is 1. The standard InChI is InChI=1S/C22H23N3O3/c1-25(18-6-4-3-5-7-18)22(26)21-16-17(12-13-24-21)23-14-15-28-20-10-8-19(27-2)9-11-20/h3-13,16H,14-15H2,1-2H3,(H,23,24). The molecule has 3 rings (SSSR count). The first-order valence-electron chi connectivity index (χ1n) is 8.97. The Labute approximate surface area is 164 Å². The van der Waals surface area contributed by atoms with E-state index < -0.39 is 0 Å².